The number of para-hydroxylation sites is 1. The van der Waals surface area contributed by atoms with Gasteiger partial charge in [0.05, 0.1) is 21.8 Å². The van der Waals surface area contributed by atoms with Crippen LogP contribution in [0.2, 0.25) is 0 Å². The Kier molecular flexibility index (Phi) is 5.48. The molecule has 0 aliphatic carbocycles. The lowest BCUT2D eigenvalue weighted by Crippen LogP contribution is -2.31. The highest BCUT2D eigenvalue weighted by Gasteiger charge is 2.16. The highest BCUT2D eigenvalue weighted by Crippen LogP contribution is 2.19. The van der Waals surface area contributed by atoms with Gasteiger partial charge >= 0.3 is 0 Å². The minimum Gasteiger partial charge on any atom is -0.369 e. The number of fused-ring (bicyclic) bond motifs is 1. The first-order chi connectivity index (χ1) is 14.8. The van der Waals surface area contributed by atoms with E-state index in [4.69, 9.17) is 10.7 Å². The summed E-state index contributed by atoms with van der Waals surface area (Å²) in [6, 6.07) is 15.6. The van der Waals surface area contributed by atoms with Crippen LogP contribution in [0, 0.1) is 20.8 Å². The van der Waals surface area contributed by atoms with Crippen LogP contribution in [0.4, 0.5) is 11.6 Å². The Morgan fingerprint density at radius 2 is 1.84 bits per heavy atom. The number of carbonyl (C=O) groups excluding carboxylic acids is 1. The van der Waals surface area contributed by atoms with Crippen LogP contribution >= 0.6 is 11.3 Å². The molecule has 4 aromatic rings. The molecule has 7 nitrogen and oxygen atoms in total. The van der Waals surface area contributed by atoms with Crippen LogP contribution in [0.25, 0.3) is 10.9 Å². The molecule has 2 heterocycles. The number of nitrogens with zero attached hydrogens (tertiary/aromatic N) is 5. The number of aryl methyl sites for hydroxylation is 2. The van der Waals surface area contributed by atoms with Crippen molar-refractivity contribution in [1.82, 2.24) is 14.5 Å². The standard InChI is InChI=1S/C23H22N6OS/c1-13-8-7-9-17(12-13)26-23-29(15(3)20(31-23)16(4)30)21(24)28-22-25-14(2)18-10-5-6-11-19(18)27-22/h5-12H,1-4H3,(H2,24,25,27,28). The normalized spacial score (nSPS) is 12.5. The van der Waals surface area contributed by atoms with Crippen molar-refractivity contribution in [2.45, 2.75) is 27.7 Å². The van der Waals surface area contributed by atoms with Gasteiger partial charge in [-0.25, -0.2) is 15.0 Å². The van der Waals surface area contributed by atoms with Crippen LogP contribution in [0.5, 0.6) is 0 Å². The highest BCUT2D eigenvalue weighted by atomic mass is 32.1. The van der Waals surface area contributed by atoms with Gasteiger partial charge in [0, 0.05) is 18.0 Å². The van der Waals surface area contributed by atoms with E-state index in [0.29, 0.717) is 15.4 Å². The van der Waals surface area contributed by atoms with Gasteiger partial charge in [-0.15, -0.1) is 0 Å². The maximum Gasteiger partial charge on any atom is 0.253 e. The van der Waals surface area contributed by atoms with E-state index in [0.717, 1.165) is 27.8 Å². The third-order valence-electron chi connectivity index (χ3n) is 4.82. The van der Waals surface area contributed by atoms with Crippen LogP contribution in [-0.2, 0) is 0 Å². The second-order valence-corrected chi connectivity index (χ2v) is 8.22. The number of aromatic nitrogens is 3. The summed E-state index contributed by atoms with van der Waals surface area (Å²) in [7, 11) is 0. The van der Waals surface area contributed by atoms with Crippen molar-refractivity contribution in [3.8, 4) is 0 Å². The second kappa shape index (κ2) is 8.23. The van der Waals surface area contributed by atoms with Crippen molar-refractivity contribution >= 4 is 45.6 Å². The predicted molar refractivity (Wildman–Crippen MR) is 124 cm³/mol. The molecule has 31 heavy (non-hydrogen) atoms. The first kappa shape index (κ1) is 20.6. The second-order valence-electron chi connectivity index (χ2n) is 7.24. The van der Waals surface area contributed by atoms with Gasteiger partial charge in [-0.2, -0.15) is 4.99 Å². The predicted octanol–water partition coefficient (Wildman–Crippen LogP) is 4.35. The number of ketones is 1. The van der Waals surface area contributed by atoms with Crippen molar-refractivity contribution in [3.05, 3.63) is 75.2 Å². The molecular weight excluding hydrogens is 408 g/mol. The summed E-state index contributed by atoms with van der Waals surface area (Å²) in [4.78, 5) is 31.5. The Labute approximate surface area is 183 Å². The number of benzene rings is 2. The van der Waals surface area contributed by atoms with E-state index in [2.05, 4.69) is 15.0 Å². The maximum atomic E-state index is 12.2. The summed E-state index contributed by atoms with van der Waals surface area (Å²) >= 11 is 1.28. The van der Waals surface area contributed by atoms with Crippen LogP contribution in [-0.4, -0.2) is 26.3 Å². The van der Waals surface area contributed by atoms with E-state index in [1.54, 1.807) is 4.57 Å². The Balaban J connectivity index is 1.89. The van der Waals surface area contributed by atoms with E-state index in [9.17, 15) is 4.79 Å². The molecule has 0 saturated heterocycles. The fraction of sp³-hybridized carbons (Fsp3) is 0.174. The number of aliphatic imine (C=N–C) groups is 1. The van der Waals surface area contributed by atoms with Crippen molar-refractivity contribution < 1.29 is 4.79 Å². The minimum atomic E-state index is -0.0486. The Bertz CT molecular complexity index is 1410. The first-order valence-corrected chi connectivity index (χ1v) is 10.6. The van der Waals surface area contributed by atoms with Crippen LogP contribution in [0.3, 0.4) is 0 Å². The molecule has 8 heteroatoms. The van der Waals surface area contributed by atoms with Gasteiger partial charge in [0.1, 0.15) is 0 Å². The summed E-state index contributed by atoms with van der Waals surface area (Å²) in [5.41, 5.74) is 10.5. The Morgan fingerprint density at radius 1 is 1.06 bits per heavy atom. The van der Waals surface area contributed by atoms with Crippen molar-refractivity contribution in [2.24, 2.45) is 15.7 Å². The highest BCUT2D eigenvalue weighted by molar-refractivity contribution is 7.11. The van der Waals surface area contributed by atoms with Gasteiger partial charge in [-0.05, 0) is 44.5 Å². The molecule has 0 radical (unpaired) electrons. The summed E-state index contributed by atoms with van der Waals surface area (Å²) in [5, 5.41) is 0.966. The van der Waals surface area contributed by atoms with Gasteiger partial charge in [0.2, 0.25) is 5.96 Å². The number of Topliss-reactive ketones (excluding diaryl/α,β-unsaturated/α-hetero) is 1. The first-order valence-electron chi connectivity index (χ1n) is 9.76. The topological polar surface area (TPSA) is 98.5 Å². The molecule has 0 unspecified atom stereocenters. The lowest BCUT2D eigenvalue weighted by atomic mass is 10.2. The van der Waals surface area contributed by atoms with Gasteiger partial charge in [-0.3, -0.25) is 9.36 Å². The average molecular weight is 431 g/mol. The molecule has 0 spiro atoms. The number of thiazole rings is 1. The smallest absolute Gasteiger partial charge is 0.253 e. The van der Waals surface area contributed by atoms with E-state index in [-0.39, 0.29) is 17.7 Å². The monoisotopic (exact) mass is 430 g/mol. The van der Waals surface area contributed by atoms with E-state index >= 15 is 0 Å². The van der Waals surface area contributed by atoms with Crippen LogP contribution in [0.15, 0.2) is 58.5 Å². The van der Waals surface area contributed by atoms with E-state index < -0.39 is 0 Å². The van der Waals surface area contributed by atoms with Gasteiger partial charge in [0.25, 0.3) is 5.95 Å². The molecule has 2 N–H and O–H groups in total. The fourth-order valence-corrected chi connectivity index (χ4v) is 4.39. The number of hydrogen-bond acceptors (Lipinski definition) is 6. The van der Waals surface area contributed by atoms with Crippen LogP contribution in [0.1, 0.15) is 33.5 Å². The van der Waals surface area contributed by atoms with Crippen molar-refractivity contribution in [2.75, 3.05) is 0 Å². The Morgan fingerprint density at radius 3 is 2.58 bits per heavy atom. The van der Waals surface area contributed by atoms with E-state index in [1.807, 2.05) is 69.3 Å². The SMILES string of the molecule is CC(=O)c1sc(=Nc2cccc(C)c2)n(/C(N)=N/c2nc(C)c3ccccc3n2)c1C. The molecule has 0 aliphatic heterocycles. The van der Waals surface area contributed by atoms with Gasteiger partial charge in [-0.1, -0.05) is 41.7 Å². The average Bonchev–Trinajstić information content (AvgIpc) is 3.04. The molecular formula is C23H22N6OS. The molecule has 0 atom stereocenters. The summed E-state index contributed by atoms with van der Waals surface area (Å²) in [6.45, 7) is 7.28. The molecule has 0 bridgehead atoms. The number of carbonyl (C=O) groups is 1. The molecule has 156 valence electrons. The minimum absolute atomic E-state index is 0.0486. The third-order valence-corrected chi connectivity index (χ3v) is 6.06. The quantitative estimate of drug-likeness (QED) is 0.297. The largest absolute Gasteiger partial charge is 0.369 e. The number of hydrogen-bond donors (Lipinski definition) is 1. The molecule has 0 amide bonds. The summed E-state index contributed by atoms with van der Waals surface area (Å²) < 4.78 is 1.68. The number of nitrogens with two attached hydrogens (primary N) is 1. The zero-order valence-corrected chi connectivity index (χ0v) is 18.6. The van der Waals surface area contributed by atoms with Crippen LogP contribution < -0.4 is 10.5 Å². The fourth-order valence-electron chi connectivity index (χ4n) is 3.36. The third kappa shape index (κ3) is 4.15. The lowest BCUT2D eigenvalue weighted by molar-refractivity contribution is 0.102. The maximum absolute atomic E-state index is 12.2. The Hall–Kier alpha value is -3.65. The molecule has 0 saturated carbocycles. The van der Waals surface area contributed by atoms with Gasteiger partial charge in [0.15, 0.2) is 10.6 Å². The molecule has 2 aromatic heterocycles. The zero-order valence-electron chi connectivity index (χ0n) is 17.7. The molecule has 0 fully saturated rings. The van der Waals surface area contributed by atoms with Crippen molar-refractivity contribution in [3.63, 3.8) is 0 Å². The molecule has 2 aromatic carbocycles. The number of rotatable bonds is 3. The lowest BCUT2D eigenvalue weighted by Gasteiger charge is -2.07. The van der Waals surface area contributed by atoms with Gasteiger partial charge < -0.3 is 5.73 Å². The zero-order chi connectivity index (χ0) is 22.1. The van der Waals surface area contributed by atoms with Crippen molar-refractivity contribution in [1.29, 1.82) is 0 Å². The van der Waals surface area contributed by atoms with E-state index in [1.165, 1.54) is 18.3 Å². The summed E-state index contributed by atoms with van der Waals surface area (Å²) in [5.74, 6) is 0.368. The molecule has 4 rings (SSSR count). The molecule has 0 aliphatic rings. The summed E-state index contributed by atoms with van der Waals surface area (Å²) in [6.07, 6.45) is 0.